The van der Waals surface area contributed by atoms with Gasteiger partial charge < -0.3 is 14.9 Å². The maximum atomic E-state index is 10.9. The van der Waals surface area contributed by atoms with E-state index >= 15 is 0 Å². The number of hydrogen-bond acceptors (Lipinski definition) is 4. The number of carboxylic acids is 1. The highest BCUT2D eigenvalue weighted by Gasteiger charge is 2.10. The Hall–Kier alpha value is -3.78. The molecule has 0 bridgehead atoms. The molecule has 5 heteroatoms. The number of hydrogen-bond donors (Lipinski definition) is 2. The van der Waals surface area contributed by atoms with Crippen LogP contribution in [0.1, 0.15) is 21.5 Å². The Labute approximate surface area is 150 Å². The molecular formula is C21H15NO4. The monoisotopic (exact) mass is 345 g/mol. The van der Waals surface area contributed by atoms with Gasteiger partial charge in [0.05, 0.1) is 11.6 Å². The third-order valence-corrected chi connectivity index (χ3v) is 3.92. The molecule has 3 rings (SSSR count). The number of aromatic carboxylic acids is 1. The van der Waals surface area contributed by atoms with Gasteiger partial charge in [-0.1, -0.05) is 42.5 Å². The molecule has 0 fully saturated rings. The summed E-state index contributed by atoms with van der Waals surface area (Å²) < 4.78 is 5.59. The van der Waals surface area contributed by atoms with E-state index in [1.54, 1.807) is 6.07 Å². The van der Waals surface area contributed by atoms with E-state index in [1.807, 2.05) is 42.5 Å². The Morgan fingerprint density at radius 2 is 1.77 bits per heavy atom. The minimum atomic E-state index is -1.19. The molecule has 0 amide bonds. The molecule has 128 valence electrons. The van der Waals surface area contributed by atoms with Crippen molar-refractivity contribution in [1.82, 2.24) is 0 Å². The number of aromatic hydroxyl groups is 1. The number of carbonyl (C=O) groups is 1. The largest absolute Gasteiger partial charge is 0.507 e. The molecule has 0 radical (unpaired) electrons. The molecule has 0 aliphatic carbocycles. The summed E-state index contributed by atoms with van der Waals surface area (Å²) in [5.41, 5.74) is 3.17. The fourth-order valence-electron chi connectivity index (χ4n) is 2.56. The van der Waals surface area contributed by atoms with Crippen LogP contribution in [-0.2, 0) is 6.61 Å². The van der Waals surface area contributed by atoms with Crippen molar-refractivity contribution >= 4 is 5.97 Å². The summed E-state index contributed by atoms with van der Waals surface area (Å²) in [6.45, 7) is 0.270. The van der Waals surface area contributed by atoms with E-state index in [0.717, 1.165) is 16.7 Å². The first-order valence-corrected chi connectivity index (χ1v) is 7.86. The predicted molar refractivity (Wildman–Crippen MR) is 96.0 cm³/mol. The van der Waals surface area contributed by atoms with Crippen molar-refractivity contribution in [3.63, 3.8) is 0 Å². The Kier molecular flexibility index (Phi) is 4.86. The lowest BCUT2D eigenvalue weighted by molar-refractivity contribution is 0.0693. The van der Waals surface area contributed by atoms with Crippen molar-refractivity contribution in [1.29, 1.82) is 5.26 Å². The van der Waals surface area contributed by atoms with Gasteiger partial charge in [0.15, 0.2) is 0 Å². The van der Waals surface area contributed by atoms with Gasteiger partial charge in [0.25, 0.3) is 0 Å². The number of nitriles is 1. The van der Waals surface area contributed by atoms with Crippen LogP contribution in [0.4, 0.5) is 0 Å². The maximum absolute atomic E-state index is 10.9. The van der Waals surface area contributed by atoms with E-state index in [2.05, 4.69) is 6.07 Å². The normalized spacial score (nSPS) is 10.1. The first-order chi connectivity index (χ1) is 12.6. The van der Waals surface area contributed by atoms with Gasteiger partial charge in [-0.05, 0) is 34.9 Å². The van der Waals surface area contributed by atoms with Crippen LogP contribution in [-0.4, -0.2) is 16.2 Å². The number of ether oxygens (including phenoxy) is 1. The summed E-state index contributed by atoms with van der Waals surface area (Å²) in [5, 5.41) is 27.8. The summed E-state index contributed by atoms with van der Waals surface area (Å²) in [5.74, 6) is -1.15. The minimum absolute atomic E-state index is 0.169. The van der Waals surface area contributed by atoms with Gasteiger partial charge in [0.2, 0.25) is 0 Å². The van der Waals surface area contributed by atoms with Gasteiger partial charge >= 0.3 is 5.97 Å². The van der Waals surface area contributed by atoms with E-state index < -0.39 is 5.97 Å². The van der Waals surface area contributed by atoms with Crippen molar-refractivity contribution < 1.29 is 19.7 Å². The van der Waals surface area contributed by atoms with Crippen LogP contribution in [0.15, 0.2) is 66.7 Å². The van der Waals surface area contributed by atoms with Crippen LogP contribution < -0.4 is 4.74 Å². The molecule has 0 saturated carbocycles. The summed E-state index contributed by atoms with van der Waals surface area (Å²) in [6, 6.07) is 21.3. The molecule has 0 spiro atoms. The molecule has 2 N–H and O–H groups in total. The second kappa shape index (κ2) is 7.41. The Morgan fingerprint density at radius 1 is 1.04 bits per heavy atom. The summed E-state index contributed by atoms with van der Waals surface area (Å²) in [4.78, 5) is 10.9. The summed E-state index contributed by atoms with van der Waals surface area (Å²) in [6.07, 6.45) is 0. The first-order valence-electron chi connectivity index (χ1n) is 7.86. The predicted octanol–water partition coefficient (Wildman–Crippen LogP) is 4.21. The van der Waals surface area contributed by atoms with Crippen LogP contribution >= 0.6 is 0 Å². The smallest absolute Gasteiger partial charge is 0.339 e. The first kappa shape index (κ1) is 17.1. The van der Waals surface area contributed by atoms with Gasteiger partial charge in [-0.15, -0.1) is 0 Å². The number of benzene rings is 3. The second-order valence-corrected chi connectivity index (χ2v) is 5.63. The van der Waals surface area contributed by atoms with E-state index in [1.165, 1.54) is 18.2 Å². The van der Waals surface area contributed by atoms with E-state index in [9.17, 15) is 15.2 Å². The van der Waals surface area contributed by atoms with Gasteiger partial charge in [-0.3, -0.25) is 0 Å². The molecule has 0 heterocycles. The zero-order valence-corrected chi connectivity index (χ0v) is 13.7. The van der Waals surface area contributed by atoms with Gasteiger partial charge in [0.1, 0.15) is 23.7 Å². The third kappa shape index (κ3) is 3.65. The highest BCUT2D eigenvalue weighted by Crippen LogP contribution is 2.26. The van der Waals surface area contributed by atoms with Gasteiger partial charge in [-0.25, -0.2) is 4.79 Å². The topological polar surface area (TPSA) is 90.5 Å². The fourth-order valence-corrected chi connectivity index (χ4v) is 2.56. The zero-order chi connectivity index (χ0) is 18.5. The molecule has 0 atom stereocenters. The Bertz CT molecular complexity index is 988. The van der Waals surface area contributed by atoms with Crippen molar-refractivity contribution in [2.75, 3.05) is 0 Å². The second-order valence-electron chi connectivity index (χ2n) is 5.63. The molecule has 5 nitrogen and oxygen atoms in total. The lowest BCUT2D eigenvalue weighted by Crippen LogP contribution is -1.99. The van der Waals surface area contributed by atoms with Crippen molar-refractivity contribution in [3.05, 3.63) is 83.4 Å². The standard InChI is InChI=1S/C21H15NO4/c22-12-16-3-1-2-4-18(16)15-7-5-14(6-8-15)13-26-17-9-10-19(21(24)25)20(23)11-17/h1-11,23H,13H2,(H,24,25). The summed E-state index contributed by atoms with van der Waals surface area (Å²) >= 11 is 0. The SMILES string of the molecule is N#Cc1ccccc1-c1ccc(COc2ccc(C(=O)O)c(O)c2)cc1. The lowest BCUT2D eigenvalue weighted by Gasteiger charge is -2.09. The molecule has 0 saturated heterocycles. The van der Waals surface area contributed by atoms with Gasteiger partial charge in [-0.2, -0.15) is 5.26 Å². The lowest BCUT2D eigenvalue weighted by atomic mass is 9.99. The molecule has 0 aliphatic rings. The molecule has 0 unspecified atom stereocenters. The molecule has 0 aromatic heterocycles. The number of nitrogens with zero attached hydrogens (tertiary/aromatic N) is 1. The number of carboxylic acid groups (broad SMARTS) is 1. The fraction of sp³-hybridized carbons (Fsp3) is 0.0476. The average molecular weight is 345 g/mol. The highest BCUT2D eigenvalue weighted by atomic mass is 16.5. The van der Waals surface area contributed by atoms with Crippen LogP contribution in [0.2, 0.25) is 0 Å². The van der Waals surface area contributed by atoms with Crippen molar-refractivity contribution in [3.8, 4) is 28.7 Å². The van der Waals surface area contributed by atoms with Crippen LogP contribution in [0.25, 0.3) is 11.1 Å². The van der Waals surface area contributed by atoms with E-state index in [4.69, 9.17) is 9.84 Å². The Morgan fingerprint density at radius 3 is 2.42 bits per heavy atom. The highest BCUT2D eigenvalue weighted by molar-refractivity contribution is 5.90. The van der Waals surface area contributed by atoms with E-state index in [0.29, 0.717) is 11.3 Å². The van der Waals surface area contributed by atoms with Crippen molar-refractivity contribution in [2.45, 2.75) is 6.61 Å². The van der Waals surface area contributed by atoms with E-state index in [-0.39, 0.29) is 17.9 Å². The minimum Gasteiger partial charge on any atom is -0.507 e. The maximum Gasteiger partial charge on any atom is 0.339 e. The quantitative estimate of drug-likeness (QED) is 0.723. The number of rotatable bonds is 5. The molecular weight excluding hydrogens is 330 g/mol. The van der Waals surface area contributed by atoms with Gasteiger partial charge in [0, 0.05) is 6.07 Å². The number of phenols is 1. The Balaban J connectivity index is 1.71. The molecule has 3 aromatic carbocycles. The third-order valence-electron chi connectivity index (χ3n) is 3.92. The summed E-state index contributed by atoms with van der Waals surface area (Å²) in [7, 11) is 0. The molecule has 3 aromatic rings. The van der Waals surface area contributed by atoms with Crippen LogP contribution in [0.3, 0.4) is 0 Å². The van der Waals surface area contributed by atoms with Crippen molar-refractivity contribution in [2.24, 2.45) is 0 Å². The molecule has 26 heavy (non-hydrogen) atoms. The molecule has 0 aliphatic heterocycles. The van der Waals surface area contributed by atoms with Crippen LogP contribution in [0, 0.1) is 11.3 Å². The van der Waals surface area contributed by atoms with Crippen LogP contribution in [0.5, 0.6) is 11.5 Å². The zero-order valence-electron chi connectivity index (χ0n) is 13.7. The average Bonchev–Trinajstić information content (AvgIpc) is 2.66.